The molecule has 1 fully saturated rings. The molecule has 1 heterocycles. The van der Waals surface area contributed by atoms with Gasteiger partial charge in [-0.25, -0.2) is 4.79 Å². The summed E-state index contributed by atoms with van der Waals surface area (Å²) in [5.74, 6) is 0. The number of carbonyl (C=O) groups excluding carboxylic acids is 1. The highest BCUT2D eigenvalue weighted by molar-refractivity contribution is 5.89. The molecule has 1 aromatic rings. The lowest BCUT2D eigenvalue weighted by Gasteiger charge is -2.24. The lowest BCUT2D eigenvalue weighted by molar-refractivity contribution is -0.384. The number of nitrogens with zero attached hydrogens (tertiary/aromatic N) is 2. The van der Waals surface area contributed by atoms with Crippen LogP contribution in [0.4, 0.5) is 16.2 Å². The fraction of sp³-hybridized carbons (Fsp3) is 0.500. The lowest BCUT2D eigenvalue weighted by atomic mass is 10.2. The first-order chi connectivity index (χ1) is 10.1. The number of anilines is 1. The standard InChI is InChI=1S/C14H20N4O3/c1-2-17(10-12-4-3-9-15-12)14(19)16-11-5-7-13(8-6-11)18(20)21/h5-8,12,15H,2-4,9-10H2,1H3,(H,16,19). The molecule has 21 heavy (non-hydrogen) atoms. The SMILES string of the molecule is CCN(CC1CCCN1)C(=O)Nc1ccc([N+](=O)[O-])cc1. The molecule has 1 unspecified atom stereocenters. The largest absolute Gasteiger partial charge is 0.323 e. The van der Waals surface area contributed by atoms with Crippen molar-refractivity contribution in [3.63, 3.8) is 0 Å². The first-order valence-corrected chi connectivity index (χ1v) is 7.14. The van der Waals surface area contributed by atoms with Crippen molar-refractivity contribution in [1.82, 2.24) is 10.2 Å². The van der Waals surface area contributed by atoms with E-state index in [1.165, 1.54) is 24.3 Å². The van der Waals surface area contributed by atoms with Gasteiger partial charge in [-0.05, 0) is 38.4 Å². The van der Waals surface area contributed by atoms with Crippen LogP contribution >= 0.6 is 0 Å². The Hall–Kier alpha value is -2.15. The number of non-ortho nitro benzene ring substituents is 1. The first-order valence-electron chi connectivity index (χ1n) is 7.14. The molecular weight excluding hydrogens is 272 g/mol. The minimum absolute atomic E-state index is 0.00972. The predicted molar refractivity (Wildman–Crippen MR) is 80.4 cm³/mol. The first kappa shape index (κ1) is 15.2. The molecule has 2 amide bonds. The van der Waals surface area contributed by atoms with E-state index in [-0.39, 0.29) is 11.7 Å². The van der Waals surface area contributed by atoms with Crippen LogP contribution in [0.25, 0.3) is 0 Å². The second-order valence-corrected chi connectivity index (χ2v) is 5.07. The van der Waals surface area contributed by atoms with Crippen molar-refractivity contribution in [2.45, 2.75) is 25.8 Å². The van der Waals surface area contributed by atoms with E-state index >= 15 is 0 Å². The second-order valence-electron chi connectivity index (χ2n) is 5.07. The van der Waals surface area contributed by atoms with Crippen LogP contribution in [0.15, 0.2) is 24.3 Å². The molecule has 7 nitrogen and oxygen atoms in total. The Morgan fingerprint density at radius 1 is 1.48 bits per heavy atom. The fourth-order valence-electron chi connectivity index (χ4n) is 2.40. The van der Waals surface area contributed by atoms with Crippen LogP contribution in [-0.2, 0) is 0 Å². The molecule has 1 aromatic carbocycles. The van der Waals surface area contributed by atoms with E-state index in [1.807, 2.05) is 6.92 Å². The summed E-state index contributed by atoms with van der Waals surface area (Å²) >= 11 is 0. The van der Waals surface area contributed by atoms with Crippen molar-refractivity contribution < 1.29 is 9.72 Å². The Balaban J connectivity index is 1.93. The summed E-state index contributed by atoms with van der Waals surface area (Å²) in [6.07, 6.45) is 2.23. The highest BCUT2D eigenvalue weighted by Gasteiger charge is 2.20. The van der Waals surface area contributed by atoms with E-state index in [0.29, 0.717) is 24.8 Å². The van der Waals surface area contributed by atoms with Crippen LogP contribution in [0.1, 0.15) is 19.8 Å². The number of amides is 2. The van der Waals surface area contributed by atoms with Crippen molar-refractivity contribution >= 4 is 17.4 Å². The summed E-state index contributed by atoms with van der Waals surface area (Å²) in [5, 5.41) is 16.7. The summed E-state index contributed by atoms with van der Waals surface area (Å²) in [7, 11) is 0. The quantitative estimate of drug-likeness (QED) is 0.643. The minimum Gasteiger partial charge on any atom is -0.323 e. The number of carbonyl (C=O) groups is 1. The third kappa shape index (κ3) is 4.16. The number of nitrogens with one attached hydrogen (secondary N) is 2. The summed E-state index contributed by atoms with van der Waals surface area (Å²) in [6, 6.07) is 6.01. The maximum atomic E-state index is 12.2. The van der Waals surface area contributed by atoms with Gasteiger partial charge in [-0.1, -0.05) is 0 Å². The highest BCUT2D eigenvalue weighted by atomic mass is 16.6. The monoisotopic (exact) mass is 292 g/mol. The maximum absolute atomic E-state index is 12.2. The molecule has 0 radical (unpaired) electrons. The van der Waals surface area contributed by atoms with Crippen molar-refractivity contribution in [3.05, 3.63) is 34.4 Å². The number of likely N-dealkylation sites (N-methyl/N-ethyl adjacent to an activating group) is 1. The average molecular weight is 292 g/mol. The number of hydrogen-bond acceptors (Lipinski definition) is 4. The zero-order valence-electron chi connectivity index (χ0n) is 12.0. The van der Waals surface area contributed by atoms with Crippen LogP contribution in [-0.4, -0.2) is 41.5 Å². The van der Waals surface area contributed by atoms with Gasteiger partial charge < -0.3 is 15.5 Å². The van der Waals surface area contributed by atoms with Gasteiger partial charge in [-0.15, -0.1) is 0 Å². The zero-order valence-corrected chi connectivity index (χ0v) is 12.0. The van der Waals surface area contributed by atoms with Gasteiger partial charge in [0.1, 0.15) is 0 Å². The molecule has 1 saturated heterocycles. The van der Waals surface area contributed by atoms with Crippen molar-refractivity contribution in [1.29, 1.82) is 0 Å². The summed E-state index contributed by atoms with van der Waals surface area (Å²) < 4.78 is 0. The zero-order chi connectivity index (χ0) is 15.2. The molecule has 2 N–H and O–H groups in total. The third-order valence-corrected chi connectivity index (χ3v) is 3.60. The third-order valence-electron chi connectivity index (χ3n) is 3.60. The molecule has 7 heteroatoms. The Labute approximate surface area is 123 Å². The maximum Gasteiger partial charge on any atom is 0.321 e. The molecule has 1 aliphatic rings. The van der Waals surface area contributed by atoms with E-state index in [2.05, 4.69) is 10.6 Å². The Bertz CT molecular complexity index is 497. The van der Waals surface area contributed by atoms with E-state index in [0.717, 1.165) is 19.4 Å². The Kier molecular flexibility index (Phi) is 5.10. The Morgan fingerprint density at radius 3 is 2.71 bits per heavy atom. The van der Waals surface area contributed by atoms with Crippen LogP contribution in [0.2, 0.25) is 0 Å². The summed E-state index contributed by atoms with van der Waals surface area (Å²) in [5.41, 5.74) is 0.568. The number of hydrogen-bond donors (Lipinski definition) is 2. The second kappa shape index (κ2) is 7.03. The molecule has 0 spiro atoms. The lowest BCUT2D eigenvalue weighted by Crippen LogP contribution is -2.43. The minimum atomic E-state index is -0.463. The number of nitro groups is 1. The van der Waals surface area contributed by atoms with E-state index in [9.17, 15) is 14.9 Å². The number of rotatable bonds is 5. The van der Waals surface area contributed by atoms with Gasteiger partial charge in [-0.3, -0.25) is 10.1 Å². The van der Waals surface area contributed by atoms with Gasteiger partial charge in [0.15, 0.2) is 0 Å². The van der Waals surface area contributed by atoms with Gasteiger partial charge in [0.05, 0.1) is 4.92 Å². The van der Waals surface area contributed by atoms with Gasteiger partial charge in [0.2, 0.25) is 0 Å². The predicted octanol–water partition coefficient (Wildman–Crippen LogP) is 2.20. The average Bonchev–Trinajstić information content (AvgIpc) is 2.98. The fourth-order valence-corrected chi connectivity index (χ4v) is 2.40. The molecule has 0 saturated carbocycles. The molecule has 1 aliphatic heterocycles. The smallest absolute Gasteiger partial charge is 0.321 e. The molecule has 2 rings (SSSR count). The normalized spacial score (nSPS) is 17.5. The van der Waals surface area contributed by atoms with E-state index in [4.69, 9.17) is 0 Å². The van der Waals surface area contributed by atoms with Crippen molar-refractivity contribution in [3.8, 4) is 0 Å². The Morgan fingerprint density at radius 2 is 2.19 bits per heavy atom. The van der Waals surface area contributed by atoms with Gasteiger partial charge in [0.25, 0.3) is 5.69 Å². The van der Waals surface area contributed by atoms with Gasteiger partial charge >= 0.3 is 6.03 Å². The van der Waals surface area contributed by atoms with E-state index in [1.54, 1.807) is 4.90 Å². The summed E-state index contributed by atoms with van der Waals surface area (Å²) in [4.78, 5) is 24.1. The van der Waals surface area contributed by atoms with Crippen LogP contribution in [0, 0.1) is 10.1 Å². The molecule has 0 bridgehead atoms. The van der Waals surface area contributed by atoms with Crippen molar-refractivity contribution in [2.24, 2.45) is 0 Å². The molecular formula is C14H20N4O3. The molecule has 1 atom stereocenters. The summed E-state index contributed by atoms with van der Waals surface area (Å²) in [6.45, 7) is 4.24. The molecule has 0 aromatic heterocycles. The highest BCUT2D eigenvalue weighted by Crippen LogP contribution is 2.16. The number of nitro benzene ring substituents is 1. The number of urea groups is 1. The van der Waals surface area contributed by atoms with Crippen molar-refractivity contribution in [2.75, 3.05) is 25.0 Å². The van der Waals surface area contributed by atoms with Gasteiger partial charge in [0, 0.05) is 37.0 Å². The van der Waals surface area contributed by atoms with Crippen LogP contribution in [0.3, 0.4) is 0 Å². The van der Waals surface area contributed by atoms with E-state index < -0.39 is 4.92 Å². The van der Waals surface area contributed by atoms with Gasteiger partial charge in [-0.2, -0.15) is 0 Å². The molecule has 0 aliphatic carbocycles. The topological polar surface area (TPSA) is 87.5 Å². The number of benzene rings is 1. The molecule has 114 valence electrons. The van der Waals surface area contributed by atoms with Crippen LogP contribution in [0.5, 0.6) is 0 Å². The van der Waals surface area contributed by atoms with Crippen LogP contribution < -0.4 is 10.6 Å².